The minimum atomic E-state index is -1.52. The molecule has 0 aliphatic carbocycles. The molecule has 0 bridgehead atoms. The third kappa shape index (κ3) is 5.12. The molecule has 0 unspecified atom stereocenters. The van der Waals surface area contributed by atoms with Crippen LogP contribution in [0.3, 0.4) is 0 Å². The lowest BCUT2D eigenvalue weighted by Gasteiger charge is -2.40. The van der Waals surface area contributed by atoms with Crippen molar-refractivity contribution < 1.29 is 24.2 Å². The number of ether oxygens (including phenoxy) is 2. The van der Waals surface area contributed by atoms with Crippen LogP contribution >= 0.6 is 0 Å². The summed E-state index contributed by atoms with van der Waals surface area (Å²) in [6, 6.07) is 11.4. The van der Waals surface area contributed by atoms with Crippen molar-refractivity contribution in [2.75, 3.05) is 19.7 Å². The zero-order valence-corrected chi connectivity index (χ0v) is 16.9. The summed E-state index contributed by atoms with van der Waals surface area (Å²) >= 11 is 0. The molecule has 1 aliphatic rings. The van der Waals surface area contributed by atoms with Crippen molar-refractivity contribution in [3.8, 4) is 11.1 Å². The van der Waals surface area contributed by atoms with Gasteiger partial charge >= 0.3 is 12.1 Å². The summed E-state index contributed by atoms with van der Waals surface area (Å²) in [5, 5.41) is 9.96. The van der Waals surface area contributed by atoms with E-state index in [9.17, 15) is 14.7 Å². The van der Waals surface area contributed by atoms with Crippen LogP contribution in [-0.2, 0) is 20.7 Å². The SMILES string of the molecule is CC(C)(C)OC(=O)N1CCO[C@@](Cc2cccc(-c3ccncc3)c2)(C(=O)O)C1. The number of carbonyl (C=O) groups excluding carboxylic acids is 1. The number of aromatic nitrogens is 1. The number of benzene rings is 1. The second kappa shape index (κ2) is 8.21. The van der Waals surface area contributed by atoms with Gasteiger partial charge in [-0.3, -0.25) is 4.98 Å². The van der Waals surface area contributed by atoms with E-state index in [4.69, 9.17) is 9.47 Å². The van der Waals surface area contributed by atoms with Crippen LogP contribution in [0.15, 0.2) is 48.8 Å². The number of carboxylic acid groups (broad SMARTS) is 1. The molecule has 0 saturated carbocycles. The van der Waals surface area contributed by atoms with Crippen LogP contribution in [0.1, 0.15) is 26.3 Å². The van der Waals surface area contributed by atoms with Gasteiger partial charge in [0, 0.05) is 25.4 Å². The lowest BCUT2D eigenvalue weighted by molar-refractivity contribution is -0.176. The Bertz CT molecular complexity index is 878. The fraction of sp³-hybridized carbons (Fsp3) is 0.409. The van der Waals surface area contributed by atoms with E-state index in [1.165, 1.54) is 4.90 Å². The lowest BCUT2D eigenvalue weighted by atomic mass is 9.91. The zero-order valence-electron chi connectivity index (χ0n) is 16.9. The topological polar surface area (TPSA) is 89.0 Å². The minimum Gasteiger partial charge on any atom is -0.479 e. The van der Waals surface area contributed by atoms with E-state index >= 15 is 0 Å². The van der Waals surface area contributed by atoms with Gasteiger partial charge in [0.2, 0.25) is 0 Å². The third-order valence-electron chi connectivity index (χ3n) is 4.66. The Morgan fingerprint density at radius 1 is 1.21 bits per heavy atom. The summed E-state index contributed by atoms with van der Waals surface area (Å²) in [6.07, 6.45) is 3.03. The van der Waals surface area contributed by atoms with Crippen LogP contribution < -0.4 is 0 Å². The van der Waals surface area contributed by atoms with Gasteiger partial charge in [0.05, 0.1) is 13.2 Å². The van der Waals surface area contributed by atoms with E-state index in [0.717, 1.165) is 16.7 Å². The Kier molecular flexibility index (Phi) is 5.88. The van der Waals surface area contributed by atoms with E-state index < -0.39 is 23.3 Å². The van der Waals surface area contributed by atoms with Crippen LogP contribution in [0.2, 0.25) is 0 Å². The van der Waals surface area contributed by atoms with E-state index in [0.29, 0.717) is 6.54 Å². The zero-order chi connectivity index (χ0) is 21.1. The van der Waals surface area contributed by atoms with Gasteiger partial charge in [-0.2, -0.15) is 0 Å². The van der Waals surface area contributed by atoms with Gasteiger partial charge in [-0.15, -0.1) is 0 Å². The molecule has 1 fully saturated rings. The molecular weight excluding hydrogens is 372 g/mol. The average Bonchev–Trinajstić information content (AvgIpc) is 2.68. The number of carbonyl (C=O) groups is 2. The van der Waals surface area contributed by atoms with Gasteiger partial charge in [0.1, 0.15) is 5.60 Å². The molecule has 7 nitrogen and oxygen atoms in total. The smallest absolute Gasteiger partial charge is 0.410 e. The van der Waals surface area contributed by atoms with Crippen molar-refractivity contribution in [1.29, 1.82) is 0 Å². The number of nitrogens with zero attached hydrogens (tertiary/aromatic N) is 2. The van der Waals surface area contributed by atoms with Crippen molar-refractivity contribution >= 4 is 12.1 Å². The molecule has 29 heavy (non-hydrogen) atoms. The predicted octanol–water partition coefficient (Wildman–Crippen LogP) is 3.38. The van der Waals surface area contributed by atoms with Crippen molar-refractivity contribution in [3.63, 3.8) is 0 Å². The van der Waals surface area contributed by atoms with E-state index in [1.54, 1.807) is 33.2 Å². The van der Waals surface area contributed by atoms with Gasteiger partial charge in [0.15, 0.2) is 5.60 Å². The molecule has 154 valence electrons. The fourth-order valence-electron chi connectivity index (χ4n) is 3.31. The van der Waals surface area contributed by atoms with Crippen LogP contribution in [0.25, 0.3) is 11.1 Å². The molecular formula is C22H26N2O5. The summed E-state index contributed by atoms with van der Waals surface area (Å²) in [7, 11) is 0. The molecule has 1 saturated heterocycles. The summed E-state index contributed by atoms with van der Waals surface area (Å²) in [5.74, 6) is -1.10. The van der Waals surface area contributed by atoms with Gasteiger partial charge in [-0.1, -0.05) is 24.3 Å². The molecule has 2 aromatic rings. The highest BCUT2D eigenvalue weighted by atomic mass is 16.6. The van der Waals surface area contributed by atoms with E-state index in [1.807, 2.05) is 36.4 Å². The maximum atomic E-state index is 12.5. The van der Waals surface area contributed by atoms with Gasteiger partial charge in [-0.05, 0) is 49.6 Å². The largest absolute Gasteiger partial charge is 0.479 e. The van der Waals surface area contributed by atoms with Crippen LogP contribution in [0, 0.1) is 0 Å². The number of amides is 1. The molecule has 3 rings (SSSR count). The van der Waals surface area contributed by atoms with Crippen LogP contribution in [0.4, 0.5) is 4.79 Å². The highest BCUT2D eigenvalue weighted by Crippen LogP contribution is 2.27. The number of aliphatic carboxylic acids is 1. The summed E-state index contributed by atoms with van der Waals surface area (Å²) in [5.41, 5.74) is 0.593. The highest BCUT2D eigenvalue weighted by Gasteiger charge is 2.46. The molecule has 1 aromatic carbocycles. The number of hydrogen-bond donors (Lipinski definition) is 1. The number of morpholine rings is 1. The monoisotopic (exact) mass is 398 g/mol. The molecule has 1 aromatic heterocycles. The Balaban J connectivity index is 1.83. The summed E-state index contributed by atoms with van der Waals surface area (Å²) in [4.78, 5) is 30.1. The Labute approximate surface area is 170 Å². The van der Waals surface area contributed by atoms with E-state index in [2.05, 4.69) is 4.98 Å². The maximum absolute atomic E-state index is 12.5. The first-order chi connectivity index (χ1) is 13.7. The van der Waals surface area contributed by atoms with Crippen molar-refractivity contribution in [1.82, 2.24) is 9.88 Å². The van der Waals surface area contributed by atoms with Crippen LogP contribution in [0.5, 0.6) is 0 Å². The fourth-order valence-corrected chi connectivity index (χ4v) is 3.31. The van der Waals surface area contributed by atoms with Crippen LogP contribution in [-0.4, -0.2) is 58.0 Å². The number of carboxylic acids is 1. The first kappa shape index (κ1) is 20.8. The number of pyridine rings is 1. The normalized spacial score (nSPS) is 19.6. The molecule has 1 amide bonds. The summed E-state index contributed by atoms with van der Waals surface area (Å²) in [6.45, 7) is 5.69. The molecule has 0 radical (unpaired) electrons. The number of hydrogen-bond acceptors (Lipinski definition) is 5. The molecule has 1 N–H and O–H groups in total. The molecule has 0 spiro atoms. The first-order valence-electron chi connectivity index (χ1n) is 9.53. The number of rotatable bonds is 4. The standard InChI is InChI=1S/C22H26N2O5/c1-21(2,3)29-20(27)24-11-12-28-22(15-24,19(25)26)14-16-5-4-6-18(13-16)17-7-9-23-10-8-17/h4-10,13H,11-12,14-15H2,1-3H3,(H,25,26)/t22-/m1/s1. The average molecular weight is 398 g/mol. The Hall–Kier alpha value is -2.93. The van der Waals surface area contributed by atoms with Gasteiger partial charge in [-0.25, -0.2) is 9.59 Å². The molecule has 1 aliphatic heterocycles. The highest BCUT2D eigenvalue weighted by molar-refractivity contribution is 5.80. The van der Waals surface area contributed by atoms with Crippen molar-refractivity contribution in [2.45, 2.75) is 38.4 Å². The summed E-state index contributed by atoms with van der Waals surface area (Å²) < 4.78 is 11.1. The Morgan fingerprint density at radius 3 is 2.59 bits per heavy atom. The second-order valence-corrected chi connectivity index (χ2v) is 8.16. The maximum Gasteiger partial charge on any atom is 0.410 e. The van der Waals surface area contributed by atoms with Crippen molar-refractivity contribution in [3.05, 3.63) is 54.4 Å². The minimum absolute atomic E-state index is 0.0727. The lowest BCUT2D eigenvalue weighted by Crippen LogP contribution is -2.59. The molecule has 2 heterocycles. The third-order valence-corrected chi connectivity index (χ3v) is 4.66. The van der Waals surface area contributed by atoms with E-state index in [-0.39, 0.29) is 19.6 Å². The second-order valence-electron chi connectivity index (χ2n) is 8.16. The van der Waals surface area contributed by atoms with Gasteiger partial charge in [0.25, 0.3) is 0 Å². The molecule has 7 heteroatoms. The quantitative estimate of drug-likeness (QED) is 0.849. The predicted molar refractivity (Wildman–Crippen MR) is 108 cm³/mol. The van der Waals surface area contributed by atoms with Crippen molar-refractivity contribution in [2.24, 2.45) is 0 Å². The Morgan fingerprint density at radius 2 is 1.93 bits per heavy atom. The first-order valence-corrected chi connectivity index (χ1v) is 9.53. The van der Waals surface area contributed by atoms with Gasteiger partial charge < -0.3 is 19.5 Å². The molecule has 1 atom stereocenters.